The van der Waals surface area contributed by atoms with E-state index in [-0.39, 0.29) is 11.3 Å². The summed E-state index contributed by atoms with van der Waals surface area (Å²) in [5, 5.41) is 4.43. The van der Waals surface area contributed by atoms with Gasteiger partial charge in [0, 0.05) is 18.2 Å². The third-order valence-electron chi connectivity index (χ3n) is 5.94. The molecular weight excluding hydrogens is 316 g/mol. The SMILES string of the molecule is NC(=O)c1cccc(C23CCCC(C2)N(Cc2ccsc2)CC3)c1. The number of fused-ring (bicyclic) bond motifs is 2. The van der Waals surface area contributed by atoms with Crippen molar-refractivity contribution in [3.63, 3.8) is 0 Å². The molecule has 2 heterocycles. The third kappa shape index (κ3) is 2.89. The molecule has 1 aliphatic heterocycles. The van der Waals surface area contributed by atoms with Gasteiger partial charge in [0.2, 0.25) is 5.91 Å². The number of hydrogen-bond acceptors (Lipinski definition) is 3. The smallest absolute Gasteiger partial charge is 0.248 e. The van der Waals surface area contributed by atoms with E-state index < -0.39 is 0 Å². The van der Waals surface area contributed by atoms with E-state index in [4.69, 9.17) is 5.73 Å². The van der Waals surface area contributed by atoms with E-state index in [0.29, 0.717) is 11.6 Å². The second-order valence-electron chi connectivity index (χ2n) is 7.33. The molecule has 2 bridgehead atoms. The van der Waals surface area contributed by atoms with Crippen molar-refractivity contribution in [3.05, 3.63) is 57.8 Å². The second kappa shape index (κ2) is 6.34. The molecular formula is C20H24N2OS. The van der Waals surface area contributed by atoms with Crippen LogP contribution in [-0.2, 0) is 12.0 Å². The van der Waals surface area contributed by atoms with Gasteiger partial charge in [-0.1, -0.05) is 18.6 Å². The Bertz CT molecular complexity index is 727. The lowest BCUT2D eigenvalue weighted by atomic mass is 9.63. The molecule has 2 N–H and O–H groups in total. The highest BCUT2D eigenvalue weighted by Gasteiger charge is 2.43. The summed E-state index contributed by atoms with van der Waals surface area (Å²) in [4.78, 5) is 14.2. The van der Waals surface area contributed by atoms with Gasteiger partial charge in [0.25, 0.3) is 0 Å². The molecule has 4 heteroatoms. The molecule has 24 heavy (non-hydrogen) atoms. The lowest BCUT2D eigenvalue weighted by Crippen LogP contribution is -2.51. The van der Waals surface area contributed by atoms with Crippen molar-refractivity contribution in [2.24, 2.45) is 5.73 Å². The Kier molecular flexibility index (Phi) is 4.19. The van der Waals surface area contributed by atoms with Gasteiger partial charge in [-0.25, -0.2) is 0 Å². The van der Waals surface area contributed by atoms with Crippen LogP contribution in [0.2, 0.25) is 0 Å². The van der Waals surface area contributed by atoms with E-state index in [2.05, 4.69) is 27.8 Å². The number of primary amides is 1. The number of amides is 1. The molecule has 2 aliphatic rings. The van der Waals surface area contributed by atoms with Crippen molar-refractivity contribution in [1.29, 1.82) is 0 Å². The van der Waals surface area contributed by atoms with Crippen LogP contribution in [0.15, 0.2) is 41.1 Å². The summed E-state index contributed by atoms with van der Waals surface area (Å²) in [6.07, 6.45) is 6.18. The molecule has 2 atom stereocenters. The van der Waals surface area contributed by atoms with Crippen LogP contribution in [0.5, 0.6) is 0 Å². The Morgan fingerprint density at radius 1 is 1.33 bits per heavy atom. The van der Waals surface area contributed by atoms with Crippen LogP contribution in [-0.4, -0.2) is 23.4 Å². The molecule has 1 saturated carbocycles. The fraction of sp³-hybridized carbons (Fsp3) is 0.450. The number of piperidine rings is 1. The van der Waals surface area contributed by atoms with Crippen LogP contribution in [0.1, 0.15) is 53.6 Å². The summed E-state index contributed by atoms with van der Waals surface area (Å²) in [5.41, 5.74) is 9.13. The van der Waals surface area contributed by atoms with E-state index in [1.807, 2.05) is 18.2 Å². The van der Waals surface area contributed by atoms with Crippen LogP contribution in [0.3, 0.4) is 0 Å². The predicted molar refractivity (Wildman–Crippen MR) is 98.2 cm³/mol. The molecule has 0 spiro atoms. The van der Waals surface area contributed by atoms with Gasteiger partial charge in [-0.3, -0.25) is 9.69 Å². The number of likely N-dealkylation sites (tertiary alicyclic amines) is 1. The van der Waals surface area contributed by atoms with Gasteiger partial charge in [0.1, 0.15) is 0 Å². The minimum absolute atomic E-state index is 0.236. The largest absolute Gasteiger partial charge is 0.366 e. The third-order valence-corrected chi connectivity index (χ3v) is 6.67. The first-order valence-electron chi connectivity index (χ1n) is 8.82. The summed E-state index contributed by atoms with van der Waals surface area (Å²) < 4.78 is 0. The van der Waals surface area contributed by atoms with Crippen LogP contribution in [0, 0.1) is 0 Å². The fourth-order valence-electron chi connectivity index (χ4n) is 4.64. The monoisotopic (exact) mass is 340 g/mol. The number of carbonyl (C=O) groups excluding carboxylic acids is 1. The van der Waals surface area contributed by atoms with E-state index in [1.54, 1.807) is 11.3 Å². The van der Waals surface area contributed by atoms with Crippen molar-refractivity contribution in [3.8, 4) is 0 Å². The second-order valence-corrected chi connectivity index (χ2v) is 8.11. The molecule has 2 unspecified atom stereocenters. The van der Waals surface area contributed by atoms with E-state index in [9.17, 15) is 4.79 Å². The van der Waals surface area contributed by atoms with Crippen LogP contribution < -0.4 is 5.73 Å². The van der Waals surface area contributed by atoms with Crippen LogP contribution in [0.4, 0.5) is 0 Å². The highest BCUT2D eigenvalue weighted by molar-refractivity contribution is 7.07. The van der Waals surface area contributed by atoms with Gasteiger partial charge < -0.3 is 5.73 Å². The number of rotatable bonds is 4. The Morgan fingerprint density at radius 3 is 3.04 bits per heavy atom. The first-order valence-corrected chi connectivity index (χ1v) is 9.76. The quantitative estimate of drug-likeness (QED) is 0.916. The number of nitrogens with two attached hydrogens (primary N) is 1. The maximum Gasteiger partial charge on any atom is 0.248 e. The summed E-state index contributed by atoms with van der Waals surface area (Å²) in [7, 11) is 0. The molecule has 1 aromatic carbocycles. The highest BCUT2D eigenvalue weighted by atomic mass is 32.1. The van der Waals surface area contributed by atoms with Crippen LogP contribution >= 0.6 is 11.3 Å². The Balaban J connectivity index is 1.57. The minimum atomic E-state index is -0.324. The lowest BCUT2D eigenvalue weighted by Gasteiger charge is -2.51. The van der Waals surface area contributed by atoms with Crippen molar-refractivity contribution in [2.45, 2.75) is 50.1 Å². The van der Waals surface area contributed by atoms with Crippen molar-refractivity contribution >= 4 is 17.2 Å². The molecule has 1 saturated heterocycles. The number of benzene rings is 1. The Labute approximate surface area is 147 Å². The molecule has 1 amide bonds. The summed E-state index contributed by atoms with van der Waals surface area (Å²) in [6.45, 7) is 2.22. The van der Waals surface area contributed by atoms with Gasteiger partial charge in [-0.05, 0) is 77.7 Å². The minimum Gasteiger partial charge on any atom is -0.366 e. The van der Waals surface area contributed by atoms with E-state index in [1.165, 1.54) is 43.2 Å². The summed E-state index contributed by atoms with van der Waals surface area (Å²) >= 11 is 1.78. The van der Waals surface area contributed by atoms with Crippen molar-refractivity contribution in [1.82, 2.24) is 4.90 Å². The molecule has 1 aromatic heterocycles. The molecule has 2 fully saturated rings. The summed E-state index contributed by atoms with van der Waals surface area (Å²) in [5.74, 6) is -0.324. The fourth-order valence-corrected chi connectivity index (χ4v) is 5.30. The lowest BCUT2D eigenvalue weighted by molar-refractivity contribution is 0.0459. The van der Waals surface area contributed by atoms with Crippen molar-refractivity contribution in [2.75, 3.05) is 6.54 Å². The first-order chi connectivity index (χ1) is 11.7. The number of nitrogens with zero attached hydrogens (tertiary/aromatic N) is 1. The zero-order valence-electron chi connectivity index (χ0n) is 13.9. The van der Waals surface area contributed by atoms with E-state index >= 15 is 0 Å². The summed E-state index contributed by atoms with van der Waals surface area (Å²) in [6, 6.07) is 11.0. The average Bonchev–Trinajstić information content (AvgIpc) is 3.11. The average molecular weight is 340 g/mol. The normalized spacial score (nSPS) is 27.1. The molecule has 2 aromatic rings. The number of hydrogen-bond donors (Lipinski definition) is 1. The maximum absolute atomic E-state index is 11.6. The Morgan fingerprint density at radius 2 is 2.25 bits per heavy atom. The maximum atomic E-state index is 11.6. The standard InChI is InChI=1S/C20H24N2OS/c21-19(23)16-3-1-4-17(11-16)20-7-2-5-18(12-20)22(9-8-20)13-15-6-10-24-14-15/h1,3-4,6,10-11,14,18H,2,5,7-9,12-13H2,(H2,21,23). The van der Waals surface area contributed by atoms with Gasteiger partial charge >= 0.3 is 0 Å². The molecule has 126 valence electrons. The van der Waals surface area contributed by atoms with Gasteiger partial charge in [0.15, 0.2) is 0 Å². The van der Waals surface area contributed by atoms with Gasteiger partial charge in [-0.15, -0.1) is 0 Å². The molecule has 1 aliphatic carbocycles. The molecule has 3 nitrogen and oxygen atoms in total. The predicted octanol–water partition coefficient (Wildman–Crippen LogP) is 3.93. The Hall–Kier alpha value is -1.65. The van der Waals surface area contributed by atoms with E-state index in [0.717, 1.165) is 13.1 Å². The van der Waals surface area contributed by atoms with Gasteiger partial charge in [0.05, 0.1) is 0 Å². The van der Waals surface area contributed by atoms with Crippen molar-refractivity contribution < 1.29 is 4.79 Å². The highest BCUT2D eigenvalue weighted by Crippen LogP contribution is 2.47. The molecule has 0 radical (unpaired) electrons. The topological polar surface area (TPSA) is 46.3 Å². The zero-order chi connectivity index (χ0) is 16.6. The number of thiophene rings is 1. The zero-order valence-corrected chi connectivity index (χ0v) is 14.7. The number of carbonyl (C=O) groups is 1. The first kappa shape index (κ1) is 15.9. The van der Waals surface area contributed by atoms with Gasteiger partial charge in [-0.2, -0.15) is 11.3 Å². The molecule has 4 rings (SSSR count). The van der Waals surface area contributed by atoms with Crippen LogP contribution in [0.25, 0.3) is 0 Å².